The molecule has 2 aromatic carbocycles. The number of hydrogen-bond acceptors (Lipinski definition) is 4. The number of hydrogen-bond donors (Lipinski definition) is 0. The zero-order valence-electron chi connectivity index (χ0n) is 15.2. The van der Waals surface area contributed by atoms with Crippen molar-refractivity contribution in [1.29, 1.82) is 0 Å². The molecule has 7 nitrogen and oxygen atoms in total. The Kier molecular flexibility index (Phi) is 5.33. The maximum absolute atomic E-state index is 14.0. The van der Waals surface area contributed by atoms with E-state index in [4.69, 9.17) is 11.6 Å². The molecule has 1 aliphatic heterocycles. The smallest absolute Gasteiger partial charge is 0.276 e. The highest BCUT2D eigenvalue weighted by Gasteiger charge is 2.38. The van der Waals surface area contributed by atoms with Gasteiger partial charge in [0.1, 0.15) is 11.9 Å². The summed E-state index contributed by atoms with van der Waals surface area (Å²) in [5, 5.41) is 11.5. The molecule has 9 heteroatoms. The van der Waals surface area contributed by atoms with Crippen molar-refractivity contribution in [3.05, 3.63) is 68.5 Å². The average molecular weight is 406 g/mol. The van der Waals surface area contributed by atoms with Crippen LogP contribution >= 0.6 is 11.6 Å². The Bertz CT molecular complexity index is 982. The number of nitrogens with zero attached hydrogens (tertiary/aromatic N) is 3. The first-order chi connectivity index (χ1) is 13.2. The number of halogens is 2. The Labute approximate surface area is 165 Å². The van der Waals surface area contributed by atoms with Crippen LogP contribution in [0.3, 0.4) is 0 Å². The Morgan fingerprint density at radius 2 is 2.04 bits per heavy atom. The topological polar surface area (TPSA) is 83.8 Å². The molecule has 1 aliphatic rings. The van der Waals surface area contributed by atoms with Gasteiger partial charge in [-0.25, -0.2) is 4.39 Å². The predicted molar refractivity (Wildman–Crippen MR) is 102 cm³/mol. The fraction of sp³-hybridized carbons (Fsp3) is 0.263. The van der Waals surface area contributed by atoms with Gasteiger partial charge in [-0.15, -0.1) is 0 Å². The molecule has 2 amide bonds. The van der Waals surface area contributed by atoms with Crippen molar-refractivity contribution >= 4 is 34.8 Å². The van der Waals surface area contributed by atoms with Gasteiger partial charge < -0.3 is 9.80 Å². The van der Waals surface area contributed by atoms with E-state index in [1.54, 1.807) is 24.3 Å². The molecule has 28 heavy (non-hydrogen) atoms. The molecule has 0 N–H and O–H groups in total. The molecular weight excluding hydrogens is 389 g/mol. The van der Waals surface area contributed by atoms with Crippen LogP contribution < -0.4 is 4.90 Å². The minimum Gasteiger partial charge on any atom is -0.330 e. The van der Waals surface area contributed by atoms with Crippen molar-refractivity contribution in [2.75, 3.05) is 18.5 Å². The van der Waals surface area contributed by atoms with Crippen molar-refractivity contribution in [2.24, 2.45) is 0 Å². The molecule has 0 saturated carbocycles. The lowest BCUT2D eigenvalue weighted by molar-refractivity contribution is -0.385. The van der Waals surface area contributed by atoms with E-state index in [0.29, 0.717) is 23.7 Å². The number of para-hydroxylation sites is 1. The predicted octanol–water partition coefficient (Wildman–Crippen LogP) is 3.57. The summed E-state index contributed by atoms with van der Waals surface area (Å²) in [7, 11) is 1.42. The van der Waals surface area contributed by atoms with Crippen LogP contribution in [-0.2, 0) is 4.79 Å². The molecule has 0 radical (unpaired) electrons. The number of carbonyl (C=O) groups is 2. The molecular formula is C19H17ClFN3O4. The normalized spacial score (nSPS) is 16.4. The van der Waals surface area contributed by atoms with E-state index in [0.717, 1.165) is 12.1 Å². The summed E-state index contributed by atoms with van der Waals surface area (Å²) < 4.78 is 14.0. The zero-order chi connectivity index (χ0) is 20.6. The first kappa shape index (κ1) is 19.8. The van der Waals surface area contributed by atoms with E-state index in [-0.39, 0.29) is 17.0 Å². The molecule has 2 aromatic rings. The van der Waals surface area contributed by atoms with Crippen LogP contribution in [0.1, 0.15) is 22.3 Å². The Hall–Kier alpha value is -3.00. The third-order valence-electron chi connectivity index (χ3n) is 4.87. The summed E-state index contributed by atoms with van der Waals surface area (Å²) in [6.07, 6.45) is 0.364. The minimum atomic E-state index is -0.846. The summed E-state index contributed by atoms with van der Waals surface area (Å²) in [5.74, 6) is -1.83. The quantitative estimate of drug-likeness (QED) is 0.575. The molecule has 0 spiro atoms. The van der Waals surface area contributed by atoms with Gasteiger partial charge in [0.05, 0.1) is 21.2 Å². The van der Waals surface area contributed by atoms with Crippen LogP contribution in [0.5, 0.6) is 0 Å². The lowest BCUT2D eigenvalue weighted by Crippen LogP contribution is -2.43. The number of nitro groups is 1. The SMILES string of the molecule is Cc1c(F)cc(C(=O)N(C)C2CCN(c3ccccc3Cl)C2=O)cc1[N+](=O)[O-]. The van der Waals surface area contributed by atoms with Crippen molar-refractivity contribution < 1.29 is 18.9 Å². The summed E-state index contributed by atoms with van der Waals surface area (Å²) in [5.41, 5.74) is -0.255. The van der Waals surface area contributed by atoms with Crippen molar-refractivity contribution in [3.63, 3.8) is 0 Å². The van der Waals surface area contributed by atoms with E-state index >= 15 is 0 Å². The van der Waals surface area contributed by atoms with Gasteiger partial charge in [0.2, 0.25) is 5.91 Å². The number of rotatable bonds is 4. The molecule has 0 aromatic heterocycles. The third kappa shape index (κ3) is 3.43. The monoisotopic (exact) mass is 405 g/mol. The van der Waals surface area contributed by atoms with E-state index in [1.807, 2.05) is 0 Å². The first-order valence-corrected chi connectivity index (χ1v) is 8.87. The number of carbonyl (C=O) groups excluding carboxylic acids is 2. The second kappa shape index (κ2) is 7.55. The van der Waals surface area contributed by atoms with Crippen molar-refractivity contribution in [2.45, 2.75) is 19.4 Å². The molecule has 1 fully saturated rings. The number of anilines is 1. The molecule has 0 aliphatic carbocycles. The highest BCUT2D eigenvalue weighted by Crippen LogP contribution is 2.31. The highest BCUT2D eigenvalue weighted by molar-refractivity contribution is 6.34. The number of benzene rings is 2. The number of nitro benzene ring substituents is 1. The maximum Gasteiger partial charge on any atom is 0.276 e. The maximum atomic E-state index is 14.0. The molecule has 0 bridgehead atoms. The van der Waals surface area contributed by atoms with Gasteiger partial charge in [-0.2, -0.15) is 0 Å². The minimum absolute atomic E-state index is 0.147. The van der Waals surface area contributed by atoms with E-state index in [9.17, 15) is 24.1 Å². The largest absolute Gasteiger partial charge is 0.330 e. The van der Waals surface area contributed by atoms with Crippen LogP contribution in [0.15, 0.2) is 36.4 Å². The third-order valence-corrected chi connectivity index (χ3v) is 5.19. The average Bonchev–Trinajstić information content (AvgIpc) is 3.04. The molecule has 1 saturated heterocycles. The second-order valence-corrected chi connectivity index (χ2v) is 6.93. The van der Waals surface area contributed by atoms with Crippen molar-refractivity contribution in [3.8, 4) is 0 Å². The summed E-state index contributed by atoms with van der Waals surface area (Å²) in [4.78, 5) is 38.6. The Balaban J connectivity index is 1.86. The molecule has 1 heterocycles. The van der Waals surface area contributed by atoms with Gasteiger partial charge in [0.25, 0.3) is 11.6 Å². The van der Waals surface area contributed by atoms with E-state index < -0.39 is 28.4 Å². The number of amides is 2. The molecule has 3 rings (SSSR count). The van der Waals surface area contributed by atoms with Crippen LogP contribution in [-0.4, -0.2) is 41.3 Å². The molecule has 146 valence electrons. The van der Waals surface area contributed by atoms with Crippen LogP contribution in [0.4, 0.5) is 15.8 Å². The lowest BCUT2D eigenvalue weighted by atomic mass is 10.1. The van der Waals surface area contributed by atoms with Crippen LogP contribution in [0, 0.1) is 22.9 Å². The van der Waals surface area contributed by atoms with Gasteiger partial charge in [-0.1, -0.05) is 23.7 Å². The van der Waals surface area contributed by atoms with E-state index in [1.165, 1.54) is 23.8 Å². The highest BCUT2D eigenvalue weighted by atomic mass is 35.5. The first-order valence-electron chi connectivity index (χ1n) is 8.50. The standard InChI is InChI=1S/C19H17ClFN3O4/c1-11-14(21)9-12(10-17(11)24(27)28)18(25)22(2)16-7-8-23(19(16)26)15-6-4-3-5-13(15)20/h3-6,9-10,16H,7-8H2,1-2H3. The number of likely N-dealkylation sites (N-methyl/N-ethyl adjacent to an activating group) is 1. The zero-order valence-corrected chi connectivity index (χ0v) is 15.9. The fourth-order valence-electron chi connectivity index (χ4n) is 3.26. The molecule has 1 atom stereocenters. The van der Waals surface area contributed by atoms with Gasteiger partial charge in [0.15, 0.2) is 0 Å². The lowest BCUT2D eigenvalue weighted by Gasteiger charge is -2.24. The fourth-order valence-corrected chi connectivity index (χ4v) is 3.49. The summed E-state index contributed by atoms with van der Waals surface area (Å²) in [6, 6.07) is 8.09. The molecule has 1 unspecified atom stereocenters. The van der Waals surface area contributed by atoms with Crippen LogP contribution in [0.25, 0.3) is 0 Å². The van der Waals surface area contributed by atoms with Gasteiger partial charge in [-0.05, 0) is 31.5 Å². The summed E-state index contributed by atoms with van der Waals surface area (Å²) >= 11 is 6.15. The van der Waals surface area contributed by atoms with Crippen LogP contribution in [0.2, 0.25) is 5.02 Å². The van der Waals surface area contributed by atoms with Gasteiger partial charge in [-0.3, -0.25) is 19.7 Å². The Morgan fingerprint density at radius 1 is 1.36 bits per heavy atom. The van der Waals surface area contributed by atoms with Crippen molar-refractivity contribution in [1.82, 2.24) is 4.90 Å². The van der Waals surface area contributed by atoms with Gasteiger partial charge in [0, 0.05) is 25.2 Å². The van der Waals surface area contributed by atoms with Gasteiger partial charge >= 0.3 is 0 Å². The summed E-state index contributed by atoms with van der Waals surface area (Å²) in [6.45, 7) is 1.64. The van der Waals surface area contributed by atoms with E-state index in [2.05, 4.69) is 0 Å². The second-order valence-electron chi connectivity index (χ2n) is 6.52. The Morgan fingerprint density at radius 3 is 2.68 bits per heavy atom.